The summed E-state index contributed by atoms with van der Waals surface area (Å²) in [7, 11) is 0. The molecule has 0 spiro atoms. The highest BCUT2D eigenvalue weighted by molar-refractivity contribution is 5.97. The van der Waals surface area contributed by atoms with Gasteiger partial charge in [0.2, 0.25) is 5.91 Å². The van der Waals surface area contributed by atoms with Crippen molar-refractivity contribution in [2.45, 2.75) is 25.8 Å². The van der Waals surface area contributed by atoms with Crippen molar-refractivity contribution in [3.8, 4) is 5.69 Å². The second kappa shape index (κ2) is 5.96. The van der Waals surface area contributed by atoms with E-state index in [1.54, 1.807) is 6.20 Å². The number of nitrogens with zero attached hydrogens (tertiary/aromatic N) is 3. The molecule has 1 atom stereocenters. The maximum absolute atomic E-state index is 12.8. The van der Waals surface area contributed by atoms with Gasteiger partial charge < -0.3 is 4.90 Å². The molecule has 3 aromatic rings. The van der Waals surface area contributed by atoms with Crippen LogP contribution in [0.3, 0.4) is 0 Å². The van der Waals surface area contributed by atoms with Crippen LogP contribution >= 0.6 is 0 Å². The highest BCUT2D eigenvalue weighted by Crippen LogP contribution is 2.32. The summed E-state index contributed by atoms with van der Waals surface area (Å²) in [4.78, 5) is 14.7. The van der Waals surface area contributed by atoms with Gasteiger partial charge in [0.1, 0.15) is 0 Å². The molecule has 0 saturated heterocycles. The molecular formula is C20H19N3O. The summed E-state index contributed by atoms with van der Waals surface area (Å²) in [6.45, 7) is 2.10. The van der Waals surface area contributed by atoms with Crippen LogP contribution in [0, 0.1) is 0 Å². The van der Waals surface area contributed by atoms with Gasteiger partial charge >= 0.3 is 0 Å². The van der Waals surface area contributed by atoms with E-state index in [-0.39, 0.29) is 11.9 Å². The normalized spacial score (nSPS) is 16.2. The van der Waals surface area contributed by atoms with Crippen molar-refractivity contribution in [1.82, 2.24) is 9.78 Å². The summed E-state index contributed by atoms with van der Waals surface area (Å²) < 4.78 is 1.81. The molecule has 2 heterocycles. The van der Waals surface area contributed by atoms with E-state index in [9.17, 15) is 4.79 Å². The van der Waals surface area contributed by atoms with Gasteiger partial charge in [-0.05, 0) is 42.7 Å². The van der Waals surface area contributed by atoms with Crippen LogP contribution in [-0.4, -0.2) is 21.7 Å². The molecular weight excluding hydrogens is 298 g/mol. The van der Waals surface area contributed by atoms with Crippen molar-refractivity contribution < 1.29 is 4.79 Å². The number of hydrogen-bond acceptors (Lipinski definition) is 2. The standard InChI is InChI=1S/C20H19N3O/c1-15-11-17-7-5-6-10-19(17)23(15)20(24)12-16-13-21-22(14-16)18-8-3-2-4-9-18/h2-10,13-15H,11-12H2,1H3. The molecule has 0 bridgehead atoms. The van der Waals surface area contributed by atoms with Crippen molar-refractivity contribution in [2.75, 3.05) is 4.90 Å². The molecule has 0 saturated carbocycles. The average Bonchev–Trinajstić information content (AvgIpc) is 3.19. The second-order valence-electron chi connectivity index (χ2n) is 6.25. The molecule has 2 aromatic carbocycles. The van der Waals surface area contributed by atoms with Gasteiger partial charge in [-0.3, -0.25) is 4.79 Å². The first-order valence-electron chi connectivity index (χ1n) is 8.21. The lowest BCUT2D eigenvalue weighted by atomic mass is 10.1. The number of aromatic nitrogens is 2. The first kappa shape index (κ1) is 14.7. The van der Waals surface area contributed by atoms with Crippen molar-refractivity contribution in [1.29, 1.82) is 0 Å². The molecule has 1 aromatic heterocycles. The van der Waals surface area contributed by atoms with E-state index in [1.165, 1.54) is 5.56 Å². The zero-order valence-corrected chi connectivity index (χ0v) is 13.6. The Kier molecular flexibility index (Phi) is 3.65. The van der Waals surface area contributed by atoms with Gasteiger partial charge in [-0.2, -0.15) is 5.10 Å². The fourth-order valence-electron chi connectivity index (χ4n) is 3.38. The van der Waals surface area contributed by atoms with E-state index in [0.29, 0.717) is 6.42 Å². The summed E-state index contributed by atoms with van der Waals surface area (Å²) in [5.74, 6) is 0.125. The van der Waals surface area contributed by atoms with Gasteiger partial charge in [0.25, 0.3) is 0 Å². The number of para-hydroxylation sites is 2. The summed E-state index contributed by atoms with van der Waals surface area (Å²) in [5, 5.41) is 4.38. The Morgan fingerprint density at radius 1 is 1.12 bits per heavy atom. The van der Waals surface area contributed by atoms with E-state index < -0.39 is 0 Å². The van der Waals surface area contributed by atoms with Crippen molar-refractivity contribution >= 4 is 11.6 Å². The van der Waals surface area contributed by atoms with Gasteiger partial charge in [0.15, 0.2) is 0 Å². The zero-order chi connectivity index (χ0) is 16.5. The Balaban J connectivity index is 1.54. The Bertz CT molecular complexity index is 869. The molecule has 1 aliphatic rings. The van der Waals surface area contributed by atoms with Crippen LogP contribution in [0.1, 0.15) is 18.1 Å². The molecule has 1 unspecified atom stereocenters. The maximum Gasteiger partial charge on any atom is 0.231 e. The summed E-state index contributed by atoms with van der Waals surface area (Å²) in [5.41, 5.74) is 4.22. The minimum atomic E-state index is 0.125. The van der Waals surface area contributed by atoms with E-state index in [0.717, 1.165) is 23.4 Å². The number of rotatable bonds is 3. The number of carbonyl (C=O) groups is 1. The molecule has 1 amide bonds. The van der Waals surface area contributed by atoms with Crippen LogP contribution in [0.2, 0.25) is 0 Å². The molecule has 120 valence electrons. The molecule has 24 heavy (non-hydrogen) atoms. The highest BCUT2D eigenvalue weighted by Gasteiger charge is 2.30. The van der Waals surface area contributed by atoms with Gasteiger partial charge in [-0.15, -0.1) is 0 Å². The van der Waals surface area contributed by atoms with E-state index in [4.69, 9.17) is 0 Å². The zero-order valence-electron chi connectivity index (χ0n) is 13.6. The molecule has 4 heteroatoms. The highest BCUT2D eigenvalue weighted by atomic mass is 16.2. The lowest BCUT2D eigenvalue weighted by molar-refractivity contribution is -0.118. The van der Waals surface area contributed by atoms with Crippen LogP contribution < -0.4 is 4.90 Å². The molecule has 1 aliphatic heterocycles. The van der Waals surface area contributed by atoms with Crippen molar-refractivity contribution in [2.24, 2.45) is 0 Å². The summed E-state index contributed by atoms with van der Waals surface area (Å²) in [6.07, 6.45) is 4.99. The molecule has 4 nitrogen and oxygen atoms in total. The van der Waals surface area contributed by atoms with Gasteiger partial charge in [0, 0.05) is 17.9 Å². The molecule has 0 N–H and O–H groups in total. The quantitative estimate of drug-likeness (QED) is 0.742. The number of benzene rings is 2. The topological polar surface area (TPSA) is 38.1 Å². The minimum absolute atomic E-state index is 0.125. The Morgan fingerprint density at radius 2 is 1.88 bits per heavy atom. The minimum Gasteiger partial charge on any atom is -0.309 e. The largest absolute Gasteiger partial charge is 0.309 e. The van der Waals surface area contributed by atoms with Crippen LogP contribution in [-0.2, 0) is 17.6 Å². The number of carbonyl (C=O) groups excluding carboxylic acids is 1. The SMILES string of the molecule is CC1Cc2ccccc2N1C(=O)Cc1cnn(-c2ccccc2)c1. The van der Waals surface area contributed by atoms with E-state index in [1.807, 2.05) is 64.3 Å². The van der Waals surface area contributed by atoms with Crippen molar-refractivity contribution in [3.63, 3.8) is 0 Å². The fourth-order valence-corrected chi connectivity index (χ4v) is 3.38. The number of amides is 1. The maximum atomic E-state index is 12.8. The van der Waals surface area contributed by atoms with E-state index >= 15 is 0 Å². The Labute approximate surface area is 141 Å². The lowest BCUT2D eigenvalue weighted by Crippen LogP contribution is -2.36. The number of fused-ring (bicyclic) bond motifs is 1. The summed E-state index contributed by atoms with van der Waals surface area (Å²) in [6, 6.07) is 18.3. The smallest absolute Gasteiger partial charge is 0.231 e. The predicted octanol–water partition coefficient (Wildman–Crippen LogP) is 3.39. The van der Waals surface area contributed by atoms with Crippen LogP contribution in [0.25, 0.3) is 5.69 Å². The fraction of sp³-hybridized carbons (Fsp3) is 0.200. The van der Waals surface area contributed by atoms with Gasteiger partial charge in [-0.1, -0.05) is 36.4 Å². The number of anilines is 1. The molecule has 0 fully saturated rings. The van der Waals surface area contributed by atoms with Crippen LogP contribution in [0.15, 0.2) is 67.0 Å². The third-order valence-corrected chi connectivity index (χ3v) is 4.49. The molecule has 4 rings (SSSR count). The van der Waals surface area contributed by atoms with Crippen LogP contribution in [0.4, 0.5) is 5.69 Å². The van der Waals surface area contributed by atoms with E-state index in [2.05, 4.69) is 18.1 Å². The third-order valence-electron chi connectivity index (χ3n) is 4.49. The first-order chi connectivity index (χ1) is 11.7. The summed E-state index contributed by atoms with van der Waals surface area (Å²) >= 11 is 0. The Morgan fingerprint density at radius 3 is 2.71 bits per heavy atom. The predicted molar refractivity (Wildman–Crippen MR) is 94.4 cm³/mol. The van der Waals surface area contributed by atoms with Crippen LogP contribution in [0.5, 0.6) is 0 Å². The first-order valence-corrected chi connectivity index (χ1v) is 8.21. The Hall–Kier alpha value is -2.88. The monoisotopic (exact) mass is 317 g/mol. The molecule has 0 aliphatic carbocycles. The van der Waals surface area contributed by atoms with Crippen molar-refractivity contribution in [3.05, 3.63) is 78.1 Å². The molecule has 0 radical (unpaired) electrons. The average molecular weight is 317 g/mol. The van der Waals surface area contributed by atoms with Gasteiger partial charge in [0.05, 0.1) is 18.3 Å². The third kappa shape index (κ3) is 2.60. The second-order valence-corrected chi connectivity index (χ2v) is 6.25. The lowest BCUT2D eigenvalue weighted by Gasteiger charge is -2.22. The van der Waals surface area contributed by atoms with Gasteiger partial charge in [-0.25, -0.2) is 4.68 Å². The number of hydrogen-bond donors (Lipinski definition) is 0.